The van der Waals surface area contributed by atoms with E-state index in [1.165, 1.54) is 19.2 Å². The van der Waals surface area contributed by atoms with Gasteiger partial charge in [0.15, 0.2) is 0 Å². The van der Waals surface area contributed by atoms with E-state index in [0.717, 1.165) is 0 Å². The molecule has 0 aliphatic rings. The highest BCUT2D eigenvalue weighted by Crippen LogP contribution is 2.16. The fourth-order valence-electron chi connectivity index (χ4n) is 1.71. The number of hydrogen-bond acceptors (Lipinski definition) is 4. The molecule has 0 fully saturated rings. The smallest absolute Gasteiger partial charge is 0.240 e. The highest BCUT2D eigenvalue weighted by Gasteiger charge is 2.13. The highest BCUT2D eigenvalue weighted by atomic mass is 35.5. The van der Waals surface area contributed by atoms with Crippen molar-refractivity contribution < 1.29 is 17.9 Å². The zero-order chi connectivity index (χ0) is 16.0. The van der Waals surface area contributed by atoms with Gasteiger partial charge in [0, 0.05) is 11.6 Å². The van der Waals surface area contributed by atoms with E-state index in [1.54, 1.807) is 36.4 Å². The summed E-state index contributed by atoms with van der Waals surface area (Å²) in [6, 6.07) is 13.0. The molecule has 0 radical (unpaired) electrons. The third-order valence-electron chi connectivity index (χ3n) is 2.85. The summed E-state index contributed by atoms with van der Waals surface area (Å²) in [5.41, 5.74) is 0. The molecule has 7 heteroatoms. The van der Waals surface area contributed by atoms with Gasteiger partial charge in [0.2, 0.25) is 10.0 Å². The molecule has 0 unspecified atom stereocenters. The van der Waals surface area contributed by atoms with Crippen molar-refractivity contribution in [3.8, 4) is 11.5 Å². The van der Waals surface area contributed by atoms with Crippen LogP contribution in [0.2, 0.25) is 5.02 Å². The molecule has 22 heavy (non-hydrogen) atoms. The van der Waals surface area contributed by atoms with Gasteiger partial charge < -0.3 is 9.47 Å². The monoisotopic (exact) mass is 341 g/mol. The van der Waals surface area contributed by atoms with Gasteiger partial charge in [-0.1, -0.05) is 11.6 Å². The number of sulfonamides is 1. The molecule has 0 aliphatic heterocycles. The van der Waals surface area contributed by atoms with E-state index in [-0.39, 0.29) is 18.0 Å². The number of benzene rings is 2. The lowest BCUT2D eigenvalue weighted by molar-refractivity contribution is 0.323. The molecule has 2 aromatic carbocycles. The lowest BCUT2D eigenvalue weighted by Gasteiger charge is -2.09. The van der Waals surface area contributed by atoms with Gasteiger partial charge in [-0.2, -0.15) is 0 Å². The predicted octanol–water partition coefficient (Wildman–Crippen LogP) is 2.71. The van der Waals surface area contributed by atoms with Crippen LogP contribution < -0.4 is 14.2 Å². The van der Waals surface area contributed by atoms with Crippen molar-refractivity contribution in [3.05, 3.63) is 53.6 Å². The quantitative estimate of drug-likeness (QED) is 0.786. The number of nitrogens with one attached hydrogen (secondary N) is 1. The molecule has 0 amide bonds. The summed E-state index contributed by atoms with van der Waals surface area (Å²) in [6.45, 7) is 0.383. The third kappa shape index (κ3) is 4.62. The summed E-state index contributed by atoms with van der Waals surface area (Å²) in [4.78, 5) is 0.180. The summed E-state index contributed by atoms with van der Waals surface area (Å²) in [5.74, 6) is 1.23. The van der Waals surface area contributed by atoms with Crippen molar-refractivity contribution >= 4 is 21.6 Å². The molecule has 0 aliphatic carbocycles. The third-order valence-corrected chi connectivity index (χ3v) is 4.58. The molecule has 2 rings (SSSR count). The molecule has 2 aromatic rings. The average molecular weight is 342 g/mol. The van der Waals surface area contributed by atoms with Gasteiger partial charge in [-0.05, 0) is 48.5 Å². The summed E-state index contributed by atoms with van der Waals surface area (Å²) < 4.78 is 37.0. The predicted molar refractivity (Wildman–Crippen MR) is 85.1 cm³/mol. The van der Waals surface area contributed by atoms with Crippen LogP contribution in [0, 0.1) is 0 Å². The van der Waals surface area contributed by atoms with Crippen molar-refractivity contribution in [2.45, 2.75) is 4.90 Å². The molecule has 0 aromatic heterocycles. The largest absolute Gasteiger partial charge is 0.497 e. The molecule has 5 nitrogen and oxygen atoms in total. The Bertz CT molecular complexity index is 699. The first-order valence-corrected chi connectivity index (χ1v) is 8.39. The van der Waals surface area contributed by atoms with Gasteiger partial charge in [0.05, 0.1) is 12.0 Å². The lowest BCUT2D eigenvalue weighted by Crippen LogP contribution is -2.28. The topological polar surface area (TPSA) is 64.6 Å². The molecule has 0 spiro atoms. The van der Waals surface area contributed by atoms with Gasteiger partial charge in [-0.15, -0.1) is 0 Å². The minimum absolute atomic E-state index is 0.164. The van der Waals surface area contributed by atoms with Gasteiger partial charge >= 0.3 is 0 Å². The molecule has 0 saturated carbocycles. The lowest BCUT2D eigenvalue weighted by atomic mass is 10.3. The Morgan fingerprint density at radius 3 is 2.18 bits per heavy atom. The number of halogens is 1. The first-order valence-electron chi connectivity index (χ1n) is 6.53. The van der Waals surface area contributed by atoms with E-state index in [2.05, 4.69) is 4.72 Å². The molecule has 0 bridgehead atoms. The second kappa shape index (κ2) is 7.49. The summed E-state index contributed by atoms with van der Waals surface area (Å²) in [5, 5.41) is 0.618. The van der Waals surface area contributed by atoms with Crippen molar-refractivity contribution in [3.63, 3.8) is 0 Å². The second-order valence-electron chi connectivity index (χ2n) is 4.38. The van der Waals surface area contributed by atoms with Crippen LogP contribution in [0.3, 0.4) is 0 Å². The zero-order valence-corrected chi connectivity index (χ0v) is 13.5. The SMILES string of the molecule is COc1ccc(S(=O)(=O)NCCOc2ccc(Cl)cc2)cc1. The van der Waals surface area contributed by atoms with E-state index in [9.17, 15) is 8.42 Å². The van der Waals surface area contributed by atoms with E-state index >= 15 is 0 Å². The van der Waals surface area contributed by atoms with Crippen LogP contribution in [0.4, 0.5) is 0 Å². The number of ether oxygens (including phenoxy) is 2. The Morgan fingerprint density at radius 1 is 1.00 bits per heavy atom. The Labute approximate surface area is 134 Å². The zero-order valence-electron chi connectivity index (χ0n) is 12.0. The van der Waals surface area contributed by atoms with Gasteiger partial charge in [-0.3, -0.25) is 0 Å². The van der Waals surface area contributed by atoms with Gasteiger partial charge in [0.25, 0.3) is 0 Å². The molecule has 118 valence electrons. The van der Waals surface area contributed by atoms with Crippen molar-refractivity contribution in [2.24, 2.45) is 0 Å². The van der Waals surface area contributed by atoms with Crippen molar-refractivity contribution in [2.75, 3.05) is 20.3 Å². The van der Waals surface area contributed by atoms with Crippen LogP contribution >= 0.6 is 11.6 Å². The maximum atomic E-state index is 12.1. The van der Waals surface area contributed by atoms with Gasteiger partial charge in [0.1, 0.15) is 18.1 Å². The number of methoxy groups -OCH3 is 1. The van der Waals surface area contributed by atoms with Crippen LogP contribution in [0.25, 0.3) is 0 Å². The van der Waals surface area contributed by atoms with Crippen LogP contribution in [0.5, 0.6) is 11.5 Å². The maximum absolute atomic E-state index is 12.1. The van der Waals surface area contributed by atoms with Crippen LogP contribution in [-0.2, 0) is 10.0 Å². The summed E-state index contributed by atoms with van der Waals surface area (Å²) in [7, 11) is -2.03. The van der Waals surface area contributed by atoms with Crippen LogP contribution in [-0.4, -0.2) is 28.7 Å². The van der Waals surface area contributed by atoms with E-state index in [4.69, 9.17) is 21.1 Å². The highest BCUT2D eigenvalue weighted by molar-refractivity contribution is 7.89. The van der Waals surface area contributed by atoms with Crippen LogP contribution in [0.1, 0.15) is 0 Å². The van der Waals surface area contributed by atoms with E-state index < -0.39 is 10.0 Å². The van der Waals surface area contributed by atoms with Crippen molar-refractivity contribution in [1.82, 2.24) is 4.72 Å². The first-order chi connectivity index (χ1) is 10.5. The fraction of sp³-hybridized carbons (Fsp3) is 0.200. The Balaban J connectivity index is 1.85. The van der Waals surface area contributed by atoms with Crippen molar-refractivity contribution in [1.29, 1.82) is 0 Å². The summed E-state index contributed by atoms with van der Waals surface area (Å²) in [6.07, 6.45) is 0. The molecular formula is C15H16ClNO4S. The second-order valence-corrected chi connectivity index (χ2v) is 6.58. The fourth-order valence-corrected chi connectivity index (χ4v) is 2.85. The molecule has 1 N–H and O–H groups in total. The first kappa shape index (κ1) is 16.6. The normalized spacial score (nSPS) is 11.2. The minimum atomic E-state index is -3.55. The summed E-state index contributed by atoms with van der Waals surface area (Å²) >= 11 is 5.77. The van der Waals surface area contributed by atoms with E-state index in [1.807, 2.05) is 0 Å². The Kier molecular flexibility index (Phi) is 5.65. The standard InChI is InChI=1S/C15H16ClNO4S/c1-20-13-6-8-15(9-7-13)22(18,19)17-10-11-21-14-4-2-12(16)3-5-14/h2-9,17H,10-11H2,1H3. The number of rotatable bonds is 7. The Morgan fingerprint density at radius 2 is 1.59 bits per heavy atom. The van der Waals surface area contributed by atoms with Crippen LogP contribution in [0.15, 0.2) is 53.4 Å². The Hall–Kier alpha value is -1.76. The molecule has 0 atom stereocenters. The van der Waals surface area contributed by atoms with E-state index in [0.29, 0.717) is 16.5 Å². The number of hydrogen-bond donors (Lipinski definition) is 1. The maximum Gasteiger partial charge on any atom is 0.240 e. The minimum Gasteiger partial charge on any atom is -0.497 e. The molecule has 0 heterocycles. The van der Waals surface area contributed by atoms with Gasteiger partial charge in [-0.25, -0.2) is 13.1 Å². The molecular weight excluding hydrogens is 326 g/mol. The average Bonchev–Trinajstić information content (AvgIpc) is 2.53. The molecule has 0 saturated heterocycles.